The summed E-state index contributed by atoms with van der Waals surface area (Å²) < 4.78 is 25.5. The van der Waals surface area contributed by atoms with E-state index in [0.717, 1.165) is 37.2 Å². The molecule has 0 bridgehead atoms. The van der Waals surface area contributed by atoms with Crippen LogP contribution in [-0.2, 0) is 10.0 Å². The number of aliphatic imine (C=N–C) groups is 1. The molecule has 8 heteroatoms. The van der Waals surface area contributed by atoms with Gasteiger partial charge in [0.1, 0.15) is 0 Å². The van der Waals surface area contributed by atoms with Crippen molar-refractivity contribution in [3.63, 3.8) is 0 Å². The first kappa shape index (κ1) is 23.9. The zero-order valence-electron chi connectivity index (χ0n) is 15.8. The second kappa shape index (κ2) is 10.2. The van der Waals surface area contributed by atoms with Gasteiger partial charge in [0.25, 0.3) is 0 Å². The molecule has 0 aromatic rings. The lowest BCUT2D eigenvalue weighted by Crippen LogP contribution is -2.49. The number of hydrogen-bond acceptors (Lipinski definition) is 3. The van der Waals surface area contributed by atoms with Gasteiger partial charge in [-0.15, -0.1) is 24.0 Å². The summed E-state index contributed by atoms with van der Waals surface area (Å²) >= 11 is 0. The van der Waals surface area contributed by atoms with Crippen molar-refractivity contribution in [3.8, 4) is 0 Å². The van der Waals surface area contributed by atoms with Gasteiger partial charge in [0.15, 0.2) is 5.96 Å². The standard InChI is InChI=1S/C16H34N4O2S.HI/c1-7-17-15(18-11-16(4,5)20-23(6,21)22)19-14-9-12(2)8-13(3)10-14;/h12-14,20H,7-11H2,1-6H3,(H2,17,18,19);1H. The lowest BCUT2D eigenvalue weighted by Gasteiger charge is -2.33. The molecule has 0 saturated heterocycles. The molecule has 2 atom stereocenters. The summed E-state index contributed by atoms with van der Waals surface area (Å²) in [6.45, 7) is 11.5. The maximum absolute atomic E-state index is 11.4. The highest BCUT2D eigenvalue weighted by molar-refractivity contribution is 14.0. The van der Waals surface area contributed by atoms with Crippen molar-refractivity contribution in [2.45, 2.75) is 65.5 Å². The van der Waals surface area contributed by atoms with Crippen molar-refractivity contribution < 1.29 is 8.42 Å². The molecule has 0 aromatic carbocycles. The van der Waals surface area contributed by atoms with Crippen molar-refractivity contribution in [1.82, 2.24) is 15.4 Å². The third-order valence-corrected chi connectivity index (χ3v) is 4.88. The molecule has 0 amide bonds. The Morgan fingerprint density at radius 2 is 1.71 bits per heavy atom. The zero-order valence-corrected chi connectivity index (χ0v) is 19.0. The number of nitrogens with zero attached hydrogens (tertiary/aromatic N) is 1. The molecule has 1 aliphatic rings. The van der Waals surface area contributed by atoms with Crippen LogP contribution in [0.2, 0.25) is 0 Å². The first-order valence-corrected chi connectivity index (χ1v) is 10.4. The predicted molar refractivity (Wildman–Crippen MR) is 113 cm³/mol. The van der Waals surface area contributed by atoms with Crippen molar-refractivity contribution in [1.29, 1.82) is 0 Å². The fourth-order valence-corrected chi connectivity index (χ4v) is 4.46. The quantitative estimate of drug-likeness (QED) is 0.314. The molecule has 0 spiro atoms. The summed E-state index contributed by atoms with van der Waals surface area (Å²) in [5.74, 6) is 2.21. The second-order valence-electron chi connectivity index (χ2n) is 7.71. The Bertz CT molecular complexity index is 498. The largest absolute Gasteiger partial charge is 0.357 e. The normalized spacial score (nSPS) is 25.8. The Kier molecular flexibility index (Phi) is 10.1. The third kappa shape index (κ3) is 10.0. The maximum atomic E-state index is 11.4. The Labute approximate surface area is 165 Å². The van der Waals surface area contributed by atoms with E-state index >= 15 is 0 Å². The average Bonchev–Trinajstić information content (AvgIpc) is 2.32. The first-order chi connectivity index (χ1) is 10.5. The van der Waals surface area contributed by atoms with Gasteiger partial charge >= 0.3 is 0 Å². The molecule has 144 valence electrons. The summed E-state index contributed by atoms with van der Waals surface area (Å²) in [6, 6.07) is 0.428. The number of sulfonamides is 1. The van der Waals surface area contributed by atoms with E-state index in [4.69, 9.17) is 0 Å². The van der Waals surface area contributed by atoms with Crippen molar-refractivity contribution in [3.05, 3.63) is 0 Å². The Balaban J connectivity index is 0.00000529. The minimum atomic E-state index is -3.24. The van der Waals surface area contributed by atoms with Gasteiger partial charge in [0.2, 0.25) is 10.0 Å². The molecule has 0 aromatic heterocycles. The fourth-order valence-electron chi connectivity index (χ4n) is 3.39. The Morgan fingerprint density at radius 1 is 1.17 bits per heavy atom. The molecule has 0 radical (unpaired) electrons. The molecular formula is C16H35IN4O2S. The third-order valence-electron chi connectivity index (χ3n) is 3.96. The topological polar surface area (TPSA) is 82.6 Å². The van der Waals surface area contributed by atoms with E-state index in [-0.39, 0.29) is 24.0 Å². The minimum absolute atomic E-state index is 0. The zero-order chi connectivity index (χ0) is 17.7. The Hall–Kier alpha value is -0.0900. The van der Waals surface area contributed by atoms with Crippen molar-refractivity contribution in [2.75, 3.05) is 19.3 Å². The number of hydrogen-bond donors (Lipinski definition) is 3. The van der Waals surface area contributed by atoms with Gasteiger partial charge in [-0.1, -0.05) is 13.8 Å². The van der Waals surface area contributed by atoms with Gasteiger partial charge in [-0.05, 0) is 51.9 Å². The van der Waals surface area contributed by atoms with Crippen LogP contribution in [0.5, 0.6) is 0 Å². The number of halogens is 1. The van der Waals surface area contributed by atoms with Crippen LogP contribution in [0.1, 0.15) is 53.9 Å². The number of nitrogens with one attached hydrogen (secondary N) is 3. The smallest absolute Gasteiger partial charge is 0.209 e. The second-order valence-corrected chi connectivity index (χ2v) is 9.46. The summed E-state index contributed by atoms with van der Waals surface area (Å²) in [5.41, 5.74) is -0.608. The molecule has 1 aliphatic carbocycles. The van der Waals surface area contributed by atoms with E-state index in [1.165, 1.54) is 12.7 Å². The van der Waals surface area contributed by atoms with Crippen LogP contribution in [0, 0.1) is 11.8 Å². The molecule has 2 unspecified atom stereocenters. The first-order valence-electron chi connectivity index (χ1n) is 8.54. The maximum Gasteiger partial charge on any atom is 0.209 e. The van der Waals surface area contributed by atoms with E-state index in [0.29, 0.717) is 12.6 Å². The SMILES string of the molecule is CCNC(=NCC(C)(C)NS(C)(=O)=O)NC1CC(C)CC(C)C1.I. The van der Waals surface area contributed by atoms with Crippen LogP contribution >= 0.6 is 24.0 Å². The molecule has 0 heterocycles. The predicted octanol–water partition coefficient (Wildman–Crippen LogP) is 2.31. The number of rotatable bonds is 6. The molecular weight excluding hydrogens is 439 g/mol. The summed E-state index contributed by atoms with van der Waals surface area (Å²) in [6.07, 6.45) is 4.77. The van der Waals surface area contributed by atoms with E-state index in [1.54, 1.807) is 0 Å². The van der Waals surface area contributed by atoms with Crippen LogP contribution in [0.25, 0.3) is 0 Å². The van der Waals surface area contributed by atoms with Crippen LogP contribution < -0.4 is 15.4 Å². The molecule has 1 saturated carbocycles. The molecule has 3 N–H and O–H groups in total. The lowest BCUT2D eigenvalue weighted by atomic mass is 9.80. The van der Waals surface area contributed by atoms with Gasteiger partial charge in [-0.3, -0.25) is 4.99 Å². The van der Waals surface area contributed by atoms with Crippen molar-refractivity contribution >= 4 is 40.0 Å². The highest BCUT2D eigenvalue weighted by Gasteiger charge is 2.25. The van der Waals surface area contributed by atoms with Crippen LogP contribution in [-0.4, -0.2) is 45.3 Å². The van der Waals surface area contributed by atoms with Gasteiger partial charge in [-0.25, -0.2) is 13.1 Å². The molecule has 0 aliphatic heterocycles. The minimum Gasteiger partial charge on any atom is -0.357 e. The summed E-state index contributed by atoms with van der Waals surface area (Å²) in [7, 11) is -3.24. The highest BCUT2D eigenvalue weighted by Crippen LogP contribution is 2.28. The molecule has 1 fully saturated rings. The van der Waals surface area contributed by atoms with Crippen LogP contribution in [0.4, 0.5) is 0 Å². The van der Waals surface area contributed by atoms with Gasteiger partial charge in [0.05, 0.1) is 12.8 Å². The van der Waals surface area contributed by atoms with Gasteiger partial charge in [0, 0.05) is 18.1 Å². The van der Waals surface area contributed by atoms with E-state index in [2.05, 4.69) is 34.2 Å². The molecule has 6 nitrogen and oxygen atoms in total. The number of guanidine groups is 1. The van der Waals surface area contributed by atoms with Gasteiger partial charge < -0.3 is 10.6 Å². The summed E-state index contributed by atoms with van der Waals surface area (Å²) in [4.78, 5) is 4.58. The molecule has 24 heavy (non-hydrogen) atoms. The summed E-state index contributed by atoms with van der Waals surface area (Å²) in [5, 5.41) is 6.77. The van der Waals surface area contributed by atoms with E-state index < -0.39 is 15.6 Å². The molecule has 1 rings (SSSR count). The van der Waals surface area contributed by atoms with Gasteiger partial charge in [-0.2, -0.15) is 0 Å². The highest BCUT2D eigenvalue weighted by atomic mass is 127. The van der Waals surface area contributed by atoms with E-state index in [9.17, 15) is 8.42 Å². The van der Waals surface area contributed by atoms with Crippen LogP contribution in [0.15, 0.2) is 4.99 Å². The fraction of sp³-hybridized carbons (Fsp3) is 0.938. The lowest BCUT2D eigenvalue weighted by molar-refractivity contribution is 0.255. The van der Waals surface area contributed by atoms with Crippen LogP contribution in [0.3, 0.4) is 0 Å². The monoisotopic (exact) mass is 474 g/mol. The average molecular weight is 474 g/mol. The van der Waals surface area contributed by atoms with Crippen molar-refractivity contribution in [2.24, 2.45) is 16.8 Å². The van der Waals surface area contributed by atoms with E-state index in [1.807, 2.05) is 20.8 Å². The Morgan fingerprint density at radius 3 is 2.17 bits per heavy atom.